The zero-order valence-corrected chi connectivity index (χ0v) is 53.3. The number of hydrogen-bond acceptors (Lipinski definition) is 23. The molecule has 5 atom stereocenters. The van der Waals surface area contributed by atoms with Gasteiger partial charge in [-0.1, -0.05) is 72.5 Å². The number of phenols is 1. The number of carboxylic acids is 2. The van der Waals surface area contributed by atoms with Gasteiger partial charge in [-0.15, -0.1) is 0 Å². The Morgan fingerprint density at radius 2 is 1.10 bits per heavy atom. The quantitative estimate of drug-likeness (QED) is 0.0152. The second-order valence-corrected chi connectivity index (χ2v) is 22.3. The fourth-order valence-corrected chi connectivity index (χ4v) is 10.7. The SMILES string of the molecule is Cc1cc(C=Cc2ccc3cc(N(C)C)ccc3[n+]2C)c(C)n1-c1ccccc1.O=C(CC[N+](=O)[O-])OCC1OC(O)C(OC(=O)CC[N+](=O)[O-])C(OC(=O)CC[N+](=O)[O-])C1OC(=O)CC[N+](=O)[O-].O=C(O)c1cc2ccccc2c(Cc2c(O)c(C(=O)O)cc3ccccc23)c1[O-]. The first-order valence-electron chi connectivity index (χ1n) is 30.0. The second kappa shape index (κ2) is 33.4. The topological polar surface area (TPSA) is 437 Å². The molecule has 0 radical (unpaired) electrons. The Hall–Kier alpha value is -12.0. The summed E-state index contributed by atoms with van der Waals surface area (Å²) in [6.07, 6.45) is -8.85. The highest BCUT2D eigenvalue weighted by molar-refractivity contribution is 6.02. The Balaban J connectivity index is 0.000000210. The van der Waals surface area contributed by atoms with E-state index in [0.717, 1.165) is 0 Å². The van der Waals surface area contributed by atoms with E-state index in [0.29, 0.717) is 21.5 Å². The molecule has 0 aliphatic carbocycles. The number of ether oxygens (including phenoxy) is 5. The van der Waals surface area contributed by atoms with Gasteiger partial charge in [-0.3, -0.25) is 59.6 Å². The molecule has 31 nitrogen and oxygen atoms in total. The summed E-state index contributed by atoms with van der Waals surface area (Å²) >= 11 is 0. The van der Waals surface area contributed by atoms with E-state index in [1.54, 1.807) is 48.5 Å². The van der Waals surface area contributed by atoms with Crippen LogP contribution in [0, 0.1) is 54.3 Å². The van der Waals surface area contributed by atoms with Crippen LogP contribution in [0.4, 0.5) is 5.69 Å². The van der Waals surface area contributed by atoms with Crippen LogP contribution in [-0.4, -0.2) is 158 Å². The maximum atomic E-state index is 12.9. The van der Waals surface area contributed by atoms with Crippen LogP contribution in [0.1, 0.15) is 80.2 Å². The van der Waals surface area contributed by atoms with E-state index in [1.807, 2.05) is 0 Å². The third-order valence-corrected chi connectivity index (χ3v) is 15.5. The van der Waals surface area contributed by atoms with Gasteiger partial charge < -0.3 is 58.7 Å². The highest BCUT2D eigenvalue weighted by Gasteiger charge is 2.52. The summed E-state index contributed by atoms with van der Waals surface area (Å²) in [6, 6.07) is 40.3. The van der Waals surface area contributed by atoms with Crippen LogP contribution in [0.5, 0.6) is 11.5 Å². The van der Waals surface area contributed by atoms with E-state index < -0.39 is 156 Å². The number of rotatable bonds is 25. The molecular formula is C67H67N7O24. The number of pyridine rings is 1. The number of aromatic nitrogens is 2. The number of carbonyl (C=O) groups is 6. The van der Waals surface area contributed by atoms with Gasteiger partial charge in [0, 0.05) is 92.1 Å². The predicted octanol–water partition coefficient (Wildman–Crippen LogP) is 6.72. The first-order chi connectivity index (χ1) is 46.5. The Labute approximate surface area is 556 Å². The molecule has 4 N–H and O–H groups in total. The van der Waals surface area contributed by atoms with Crippen molar-refractivity contribution in [2.24, 2.45) is 7.05 Å². The van der Waals surface area contributed by atoms with Gasteiger partial charge in [-0.05, 0) is 101 Å². The van der Waals surface area contributed by atoms with Crippen LogP contribution < -0.4 is 14.6 Å². The molecule has 1 aliphatic heterocycles. The van der Waals surface area contributed by atoms with Crippen molar-refractivity contribution in [3.63, 3.8) is 0 Å². The molecule has 9 rings (SSSR count). The van der Waals surface area contributed by atoms with Crippen molar-refractivity contribution in [3.05, 3.63) is 213 Å². The number of aryl methyl sites for hydroxylation is 2. The van der Waals surface area contributed by atoms with Crippen LogP contribution in [0.3, 0.4) is 0 Å². The monoisotopic (exact) mass is 1350 g/mol. The lowest BCUT2D eigenvalue weighted by atomic mass is 9.90. The minimum Gasteiger partial charge on any atom is -0.872 e. The first kappa shape index (κ1) is 73.4. The maximum absolute atomic E-state index is 12.9. The average Bonchev–Trinajstić information content (AvgIpc) is 0.954. The van der Waals surface area contributed by atoms with E-state index in [1.165, 1.54) is 57.1 Å². The second-order valence-electron chi connectivity index (χ2n) is 22.3. The van der Waals surface area contributed by atoms with Crippen molar-refractivity contribution in [1.82, 2.24) is 4.57 Å². The van der Waals surface area contributed by atoms with Crippen LogP contribution in [0.15, 0.2) is 127 Å². The van der Waals surface area contributed by atoms with Gasteiger partial charge in [0.05, 0.1) is 5.56 Å². The zero-order valence-electron chi connectivity index (χ0n) is 53.3. The standard InChI is InChI=1S/C26H28N3.C23H16O6.C18H24N4O18/c1-19-17-21(20(2)29(19)24-9-7-6-8-10-24)11-13-23-14-12-22-18-25(27(3)4)15-16-26(22)28(23)5;24-20-16(14-7-3-1-5-12(14)9-18(20)22(26)27)11-17-15-8-4-2-6-13(15)10-19(21(17)25)23(28)29;23-11(1-5-19(28)29)36-9-10-15(38-12(24)2-6-20(30)31)16(39-13(25)3-7-21(32)33)17(18(27)37-10)40-14(26)4-8-22(34)35/h6-18H,1-5H3;1-10,24-25H,11H2,(H,26,27)(H,28,29);10,15-18,27H,1-9H2/q+1;;/p-1. The van der Waals surface area contributed by atoms with Gasteiger partial charge in [-0.25, -0.2) is 9.59 Å². The third-order valence-electron chi connectivity index (χ3n) is 15.5. The Morgan fingerprint density at radius 1 is 0.602 bits per heavy atom. The number of aromatic carboxylic acids is 2. The number of hydrogen-bond donors (Lipinski definition) is 4. The van der Waals surface area contributed by atoms with Gasteiger partial charge in [0.2, 0.25) is 37.4 Å². The lowest BCUT2D eigenvalue weighted by Gasteiger charge is -2.42. The molecule has 1 fully saturated rings. The van der Waals surface area contributed by atoms with Crippen molar-refractivity contribution in [1.29, 1.82) is 0 Å². The number of fused-ring (bicyclic) bond motifs is 3. The molecular weight excluding hydrogens is 1290 g/mol. The van der Waals surface area contributed by atoms with Gasteiger partial charge in [-0.2, -0.15) is 4.57 Å². The Bertz CT molecular complexity index is 4280. The number of carbonyl (C=O) groups excluding carboxylic acids is 4. The maximum Gasteiger partial charge on any atom is 0.339 e. The van der Waals surface area contributed by atoms with Crippen molar-refractivity contribution in [3.8, 4) is 17.2 Å². The van der Waals surface area contributed by atoms with Crippen LogP contribution >= 0.6 is 0 Å². The molecule has 31 heteroatoms. The summed E-state index contributed by atoms with van der Waals surface area (Å²) in [5.74, 6) is -8.77. The smallest absolute Gasteiger partial charge is 0.339 e. The van der Waals surface area contributed by atoms with E-state index in [-0.39, 0.29) is 28.7 Å². The van der Waals surface area contributed by atoms with Crippen molar-refractivity contribution >= 4 is 86.1 Å². The normalized spacial score (nSPS) is 15.6. The van der Waals surface area contributed by atoms with Crippen molar-refractivity contribution < 1.29 is 102 Å². The van der Waals surface area contributed by atoms with E-state index in [4.69, 9.17) is 23.7 Å². The highest BCUT2D eigenvalue weighted by atomic mass is 16.7. The molecule has 514 valence electrons. The summed E-state index contributed by atoms with van der Waals surface area (Å²) in [5, 5.41) is 98.7. The Morgan fingerprint density at radius 3 is 1.64 bits per heavy atom. The number of carboxylic acid groups (broad SMARTS) is 2. The summed E-state index contributed by atoms with van der Waals surface area (Å²) in [7, 11) is 6.28. The number of anilines is 1. The van der Waals surface area contributed by atoms with Crippen molar-refractivity contribution in [2.45, 2.75) is 76.7 Å². The molecule has 0 spiro atoms. The number of aromatic hydroxyl groups is 1. The first-order valence-corrected chi connectivity index (χ1v) is 30.0. The molecule has 3 heterocycles. The lowest BCUT2D eigenvalue weighted by molar-refractivity contribution is -0.646. The predicted molar refractivity (Wildman–Crippen MR) is 347 cm³/mol. The zero-order chi connectivity index (χ0) is 71.7. The summed E-state index contributed by atoms with van der Waals surface area (Å²) in [5.41, 5.74) is 8.40. The van der Waals surface area contributed by atoms with E-state index >= 15 is 0 Å². The van der Waals surface area contributed by atoms with E-state index in [2.05, 4.69) is 128 Å². The number of nitrogens with zero attached hydrogens (tertiary/aromatic N) is 7. The molecule has 1 aliphatic rings. The van der Waals surface area contributed by atoms with E-state index in [9.17, 15) is 94.8 Å². The molecule has 98 heavy (non-hydrogen) atoms. The van der Waals surface area contributed by atoms with Crippen molar-refractivity contribution in [2.75, 3.05) is 51.8 Å². The molecule has 0 bridgehead atoms. The molecule has 1 saturated heterocycles. The number of aliphatic hydroxyl groups is 1. The number of benzene rings is 6. The summed E-state index contributed by atoms with van der Waals surface area (Å²) in [6.45, 7) is -0.113. The summed E-state index contributed by atoms with van der Waals surface area (Å²) in [4.78, 5) is 113. The van der Waals surface area contributed by atoms with Gasteiger partial charge in [0.15, 0.2) is 24.6 Å². The minimum atomic E-state index is -2.22. The number of nitro groups is 4. The fourth-order valence-electron chi connectivity index (χ4n) is 10.7. The largest absolute Gasteiger partial charge is 0.872 e. The molecule has 8 aromatic rings. The molecule has 6 aromatic carbocycles. The highest BCUT2D eigenvalue weighted by Crippen LogP contribution is 2.38. The fraction of sp³-hybridized carbons (Fsp3) is 0.299. The summed E-state index contributed by atoms with van der Waals surface area (Å²) < 4.78 is 29.6. The van der Waals surface area contributed by atoms with Crippen LogP contribution in [0.25, 0.3) is 50.3 Å². The molecule has 0 amide bonds. The molecule has 0 saturated carbocycles. The Kier molecular flexibility index (Phi) is 25.0. The number of aliphatic hydroxyl groups excluding tert-OH is 1. The van der Waals surface area contributed by atoms with Crippen LogP contribution in [-0.2, 0) is 56.3 Å². The van der Waals surface area contributed by atoms with Gasteiger partial charge in [0.1, 0.15) is 56.8 Å². The number of esters is 4. The van der Waals surface area contributed by atoms with Gasteiger partial charge >= 0.3 is 35.8 Å². The third kappa shape index (κ3) is 19.1. The molecule has 5 unspecified atom stereocenters. The lowest BCUT2D eigenvalue weighted by Crippen LogP contribution is -2.62. The number of para-hydroxylation sites is 1. The molecule has 2 aromatic heterocycles. The van der Waals surface area contributed by atoms with Gasteiger partial charge in [0.25, 0.3) is 0 Å². The minimum absolute atomic E-state index is 0.103. The average molecular weight is 1350 g/mol. The van der Waals surface area contributed by atoms with Crippen LogP contribution in [0.2, 0.25) is 0 Å².